The second-order valence-electron chi connectivity index (χ2n) is 3.12. The van der Waals surface area contributed by atoms with Crippen molar-refractivity contribution in [3.8, 4) is 0 Å². The molecule has 0 aliphatic heterocycles. The molecular formula is C10H15FN2O. The fourth-order valence-corrected chi connectivity index (χ4v) is 1.42. The van der Waals surface area contributed by atoms with Gasteiger partial charge in [-0.15, -0.1) is 0 Å². The van der Waals surface area contributed by atoms with E-state index in [4.69, 9.17) is 5.73 Å². The number of rotatable bonds is 4. The molecule has 0 spiro atoms. The van der Waals surface area contributed by atoms with Gasteiger partial charge in [-0.2, -0.15) is 0 Å². The zero-order valence-corrected chi connectivity index (χ0v) is 8.07. The highest BCUT2D eigenvalue weighted by atomic mass is 19.1. The molecule has 0 aromatic heterocycles. The van der Waals surface area contributed by atoms with E-state index in [-0.39, 0.29) is 18.4 Å². The number of nitrogens with two attached hydrogens (primary N) is 1. The Bertz CT molecular complexity index is 293. The SMILES string of the molecule is CNC(c1cccc(F)c1)C(O)CN. The number of aliphatic hydroxyl groups excluding tert-OH is 1. The molecular weight excluding hydrogens is 183 g/mol. The van der Waals surface area contributed by atoms with E-state index in [1.807, 2.05) is 0 Å². The molecule has 0 aliphatic carbocycles. The molecule has 0 aliphatic rings. The molecule has 1 aromatic rings. The topological polar surface area (TPSA) is 58.3 Å². The molecule has 3 nitrogen and oxygen atoms in total. The van der Waals surface area contributed by atoms with Crippen molar-refractivity contribution in [2.24, 2.45) is 5.73 Å². The maximum Gasteiger partial charge on any atom is 0.123 e. The zero-order chi connectivity index (χ0) is 10.6. The maximum atomic E-state index is 12.9. The number of hydrogen-bond donors (Lipinski definition) is 3. The van der Waals surface area contributed by atoms with Crippen LogP contribution in [0.3, 0.4) is 0 Å². The van der Waals surface area contributed by atoms with Gasteiger partial charge < -0.3 is 16.2 Å². The zero-order valence-electron chi connectivity index (χ0n) is 8.07. The predicted molar refractivity (Wildman–Crippen MR) is 53.3 cm³/mol. The standard InChI is InChI=1S/C10H15FN2O/c1-13-10(9(14)6-12)7-3-2-4-8(11)5-7/h2-5,9-10,13-14H,6,12H2,1H3. The van der Waals surface area contributed by atoms with Gasteiger partial charge in [-0.05, 0) is 24.7 Å². The molecule has 0 saturated heterocycles. The summed E-state index contributed by atoms with van der Waals surface area (Å²) in [6.45, 7) is 0.141. The summed E-state index contributed by atoms with van der Waals surface area (Å²) in [4.78, 5) is 0. The largest absolute Gasteiger partial charge is 0.390 e. The normalized spacial score (nSPS) is 15.1. The summed E-state index contributed by atoms with van der Waals surface area (Å²) >= 11 is 0. The maximum absolute atomic E-state index is 12.9. The molecule has 4 heteroatoms. The molecule has 2 unspecified atom stereocenters. The smallest absolute Gasteiger partial charge is 0.123 e. The van der Waals surface area contributed by atoms with Crippen molar-refractivity contribution in [3.05, 3.63) is 35.6 Å². The summed E-state index contributed by atoms with van der Waals surface area (Å²) in [5.41, 5.74) is 6.04. The molecule has 14 heavy (non-hydrogen) atoms. The average molecular weight is 198 g/mol. The third-order valence-electron chi connectivity index (χ3n) is 2.15. The van der Waals surface area contributed by atoms with Gasteiger partial charge in [0, 0.05) is 6.54 Å². The van der Waals surface area contributed by atoms with Crippen molar-refractivity contribution in [1.82, 2.24) is 5.32 Å². The van der Waals surface area contributed by atoms with Crippen LogP contribution < -0.4 is 11.1 Å². The third kappa shape index (κ3) is 2.51. The summed E-state index contributed by atoms with van der Waals surface area (Å²) in [7, 11) is 1.70. The molecule has 0 bridgehead atoms. The lowest BCUT2D eigenvalue weighted by Gasteiger charge is -2.21. The first kappa shape index (κ1) is 11.1. The van der Waals surface area contributed by atoms with Crippen molar-refractivity contribution in [1.29, 1.82) is 0 Å². The highest BCUT2D eigenvalue weighted by Crippen LogP contribution is 2.16. The van der Waals surface area contributed by atoms with Crippen LogP contribution in [0.4, 0.5) is 4.39 Å². The summed E-state index contributed by atoms with van der Waals surface area (Å²) in [5.74, 6) is -0.313. The summed E-state index contributed by atoms with van der Waals surface area (Å²) < 4.78 is 12.9. The van der Waals surface area contributed by atoms with E-state index < -0.39 is 6.10 Å². The molecule has 78 valence electrons. The fourth-order valence-electron chi connectivity index (χ4n) is 1.42. The lowest BCUT2D eigenvalue weighted by molar-refractivity contribution is 0.139. The molecule has 0 heterocycles. The van der Waals surface area contributed by atoms with Gasteiger partial charge in [-0.25, -0.2) is 4.39 Å². The monoisotopic (exact) mass is 198 g/mol. The Balaban J connectivity index is 2.89. The van der Waals surface area contributed by atoms with Gasteiger partial charge in [0.05, 0.1) is 12.1 Å². The van der Waals surface area contributed by atoms with E-state index in [1.54, 1.807) is 19.2 Å². The van der Waals surface area contributed by atoms with Crippen LogP contribution >= 0.6 is 0 Å². The Hall–Kier alpha value is -0.970. The van der Waals surface area contributed by atoms with Gasteiger partial charge in [0.15, 0.2) is 0 Å². The Morgan fingerprint density at radius 1 is 1.57 bits per heavy atom. The molecule has 1 aromatic carbocycles. The van der Waals surface area contributed by atoms with Crippen molar-refractivity contribution >= 4 is 0 Å². The fraction of sp³-hybridized carbons (Fsp3) is 0.400. The van der Waals surface area contributed by atoms with Crippen molar-refractivity contribution in [3.63, 3.8) is 0 Å². The Labute approximate surface area is 82.7 Å². The Morgan fingerprint density at radius 2 is 2.29 bits per heavy atom. The number of benzene rings is 1. The number of aliphatic hydroxyl groups is 1. The second-order valence-corrected chi connectivity index (χ2v) is 3.12. The summed E-state index contributed by atoms with van der Waals surface area (Å²) in [6.07, 6.45) is -0.707. The van der Waals surface area contributed by atoms with Crippen LogP contribution in [-0.2, 0) is 0 Å². The Morgan fingerprint density at radius 3 is 2.79 bits per heavy atom. The van der Waals surface area contributed by atoms with Crippen LogP contribution in [0.1, 0.15) is 11.6 Å². The minimum absolute atomic E-state index is 0.141. The highest BCUT2D eigenvalue weighted by Gasteiger charge is 2.17. The third-order valence-corrected chi connectivity index (χ3v) is 2.15. The van der Waals surface area contributed by atoms with Crippen LogP contribution in [0.5, 0.6) is 0 Å². The van der Waals surface area contributed by atoms with E-state index in [0.29, 0.717) is 5.56 Å². The van der Waals surface area contributed by atoms with Gasteiger partial charge in [0.25, 0.3) is 0 Å². The van der Waals surface area contributed by atoms with Gasteiger partial charge in [-0.1, -0.05) is 12.1 Å². The minimum Gasteiger partial charge on any atom is -0.390 e. The van der Waals surface area contributed by atoms with Crippen LogP contribution in [0.15, 0.2) is 24.3 Å². The molecule has 4 N–H and O–H groups in total. The van der Waals surface area contributed by atoms with Gasteiger partial charge >= 0.3 is 0 Å². The second kappa shape index (κ2) is 5.05. The lowest BCUT2D eigenvalue weighted by atomic mass is 10.0. The molecule has 0 saturated carbocycles. The molecule has 0 radical (unpaired) electrons. The molecule has 0 fully saturated rings. The quantitative estimate of drug-likeness (QED) is 0.656. The summed E-state index contributed by atoms with van der Waals surface area (Å²) in [5, 5.41) is 12.5. The first-order valence-corrected chi connectivity index (χ1v) is 4.50. The van der Waals surface area contributed by atoms with Gasteiger partial charge in [0.1, 0.15) is 5.82 Å². The first-order chi connectivity index (χ1) is 6.69. The number of nitrogens with one attached hydrogen (secondary N) is 1. The molecule has 2 atom stereocenters. The van der Waals surface area contributed by atoms with Crippen molar-refractivity contribution in [2.45, 2.75) is 12.1 Å². The number of hydrogen-bond acceptors (Lipinski definition) is 3. The first-order valence-electron chi connectivity index (χ1n) is 4.50. The van der Waals surface area contributed by atoms with Crippen LogP contribution in [0.25, 0.3) is 0 Å². The summed E-state index contributed by atoms with van der Waals surface area (Å²) in [6, 6.07) is 5.79. The highest BCUT2D eigenvalue weighted by molar-refractivity contribution is 5.21. The van der Waals surface area contributed by atoms with Crippen molar-refractivity contribution < 1.29 is 9.50 Å². The lowest BCUT2D eigenvalue weighted by Crippen LogP contribution is -2.34. The Kier molecular flexibility index (Phi) is 4.00. The van der Waals surface area contributed by atoms with Crippen molar-refractivity contribution in [2.75, 3.05) is 13.6 Å². The van der Waals surface area contributed by atoms with Gasteiger partial charge in [-0.3, -0.25) is 0 Å². The minimum atomic E-state index is -0.707. The van der Waals surface area contributed by atoms with Crippen LogP contribution in [-0.4, -0.2) is 24.8 Å². The van der Waals surface area contributed by atoms with E-state index in [0.717, 1.165) is 0 Å². The van der Waals surface area contributed by atoms with Crippen LogP contribution in [0.2, 0.25) is 0 Å². The molecule has 0 amide bonds. The van der Waals surface area contributed by atoms with E-state index in [1.165, 1.54) is 12.1 Å². The van der Waals surface area contributed by atoms with Gasteiger partial charge in [0.2, 0.25) is 0 Å². The number of likely N-dealkylation sites (N-methyl/N-ethyl adjacent to an activating group) is 1. The van der Waals surface area contributed by atoms with E-state index in [2.05, 4.69) is 5.32 Å². The predicted octanol–water partition coefficient (Wildman–Crippen LogP) is 0.406. The molecule has 1 rings (SSSR count). The van der Waals surface area contributed by atoms with Crippen LogP contribution in [0, 0.1) is 5.82 Å². The number of halogens is 1. The average Bonchev–Trinajstić information content (AvgIpc) is 2.19. The van der Waals surface area contributed by atoms with E-state index >= 15 is 0 Å². The van der Waals surface area contributed by atoms with E-state index in [9.17, 15) is 9.50 Å².